The van der Waals surface area contributed by atoms with Crippen LogP contribution >= 0.6 is 0 Å². The lowest BCUT2D eigenvalue weighted by molar-refractivity contribution is -0.275. The summed E-state index contributed by atoms with van der Waals surface area (Å²) in [5.41, 5.74) is -1.75. The highest BCUT2D eigenvalue weighted by Crippen LogP contribution is 2.39. The van der Waals surface area contributed by atoms with Crippen LogP contribution < -0.4 is 9.47 Å². The second kappa shape index (κ2) is 7.23. The first-order valence-corrected chi connectivity index (χ1v) is 5.94. The van der Waals surface area contributed by atoms with Crippen molar-refractivity contribution in [3.05, 3.63) is 17.5 Å². The number of halogens is 5. The number of methoxy groups -OCH3 is 1. The third kappa shape index (κ3) is 4.71. The molecule has 1 aromatic rings. The van der Waals surface area contributed by atoms with Gasteiger partial charge in [0.2, 0.25) is 0 Å². The summed E-state index contributed by atoms with van der Waals surface area (Å²) in [6, 6.07) is 0. The molecule has 0 aliphatic rings. The van der Waals surface area contributed by atoms with Crippen LogP contribution in [0.25, 0.3) is 0 Å². The van der Waals surface area contributed by atoms with Crippen LogP contribution in [0.4, 0.5) is 22.0 Å². The van der Waals surface area contributed by atoms with E-state index in [0.717, 1.165) is 13.3 Å². The molecular weight excluding hydrogens is 317 g/mol. The lowest BCUT2D eigenvalue weighted by atomic mass is 10.1. The lowest BCUT2D eigenvalue weighted by Crippen LogP contribution is -2.21. The average Bonchev–Trinajstić information content (AvgIpc) is 2.38. The predicted molar refractivity (Wildman–Crippen MR) is 62.8 cm³/mol. The van der Waals surface area contributed by atoms with E-state index in [1.165, 1.54) is 6.92 Å². The number of alkyl halides is 5. The van der Waals surface area contributed by atoms with E-state index < -0.39 is 42.2 Å². The Morgan fingerprint density at radius 3 is 2.45 bits per heavy atom. The Morgan fingerprint density at radius 1 is 1.36 bits per heavy atom. The molecule has 0 N–H and O–H groups in total. The van der Waals surface area contributed by atoms with E-state index in [-0.39, 0.29) is 12.4 Å². The van der Waals surface area contributed by atoms with E-state index in [1.54, 1.807) is 0 Å². The molecule has 0 bridgehead atoms. The molecule has 22 heavy (non-hydrogen) atoms. The monoisotopic (exact) mass is 329 g/mol. The van der Waals surface area contributed by atoms with Crippen molar-refractivity contribution < 1.29 is 41.0 Å². The molecule has 0 radical (unpaired) electrons. The summed E-state index contributed by atoms with van der Waals surface area (Å²) in [4.78, 5) is 14.7. The van der Waals surface area contributed by atoms with Crippen molar-refractivity contribution in [2.24, 2.45) is 0 Å². The van der Waals surface area contributed by atoms with Gasteiger partial charge in [-0.1, -0.05) is 0 Å². The van der Waals surface area contributed by atoms with Gasteiger partial charge in [0.15, 0.2) is 5.75 Å². The van der Waals surface area contributed by atoms with Gasteiger partial charge in [-0.2, -0.15) is 0 Å². The van der Waals surface area contributed by atoms with Gasteiger partial charge in [0.1, 0.15) is 11.4 Å². The summed E-state index contributed by atoms with van der Waals surface area (Å²) in [7, 11) is 1.09. The Bertz CT molecular complexity index is 533. The zero-order valence-electron chi connectivity index (χ0n) is 11.5. The maximum atomic E-state index is 12.8. The zero-order chi connectivity index (χ0) is 16.9. The van der Waals surface area contributed by atoms with Crippen LogP contribution in [0.1, 0.15) is 24.6 Å². The van der Waals surface area contributed by atoms with E-state index in [0.29, 0.717) is 0 Å². The zero-order valence-corrected chi connectivity index (χ0v) is 11.5. The van der Waals surface area contributed by atoms with E-state index >= 15 is 0 Å². The second-order valence-electron chi connectivity index (χ2n) is 3.85. The highest BCUT2D eigenvalue weighted by atomic mass is 19.4. The maximum Gasteiger partial charge on any atom is 0.573 e. The Morgan fingerprint density at radius 2 is 2.00 bits per heavy atom. The molecule has 0 aliphatic heterocycles. The highest BCUT2D eigenvalue weighted by molar-refractivity contribution is 5.75. The number of carbonyl (C=O) groups is 1. The molecule has 1 heterocycles. The number of nitrogens with zero attached hydrogens (tertiary/aromatic N) is 1. The van der Waals surface area contributed by atoms with Crippen molar-refractivity contribution in [1.82, 2.24) is 4.98 Å². The first kappa shape index (κ1) is 17.9. The largest absolute Gasteiger partial charge is 0.573 e. The minimum Gasteiger partial charge on any atom is -0.495 e. The SMILES string of the molecule is CCOC(=O)Cc1c(OC)cnc(C(F)F)c1OC(F)(F)F. The molecule has 10 heteroatoms. The normalized spacial score (nSPS) is 11.5. The molecule has 1 rings (SSSR count). The standard InChI is InChI=1S/C12H12F5NO4/c1-3-21-8(19)4-6-7(20-2)5-18-9(11(13)14)10(6)22-12(15,16)17/h5,11H,3-4H2,1-2H3. The molecule has 5 nitrogen and oxygen atoms in total. The molecule has 1 aromatic heterocycles. The molecular formula is C12H12F5NO4. The number of rotatable bonds is 6. The topological polar surface area (TPSA) is 57.7 Å². The highest BCUT2D eigenvalue weighted by Gasteiger charge is 2.36. The number of hydrogen-bond donors (Lipinski definition) is 0. The summed E-state index contributed by atoms with van der Waals surface area (Å²) >= 11 is 0. The molecule has 0 aromatic carbocycles. The first-order valence-electron chi connectivity index (χ1n) is 5.94. The third-order valence-electron chi connectivity index (χ3n) is 2.40. The van der Waals surface area contributed by atoms with Gasteiger partial charge in [-0.3, -0.25) is 4.79 Å². The van der Waals surface area contributed by atoms with Gasteiger partial charge in [-0.25, -0.2) is 13.8 Å². The molecule has 0 atom stereocenters. The van der Waals surface area contributed by atoms with Gasteiger partial charge in [0.05, 0.1) is 31.9 Å². The van der Waals surface area contributed by atoms with E-state index in [9.17, 15) is 26.7 Å². The Labute approximate surface area is 122 Å². The van der Waals surface area contributed by atoms with Crippen molar-refractivity contribution in [3.63, 3.8) is 0 Å². The second-order valence-corrected chi connectivity index (χ2v) is 3.85. The fraction of sp³-hybridized carbons (Fsp3) is 0.500. The molecule has 124 valence electrons. The summed E-state index contributed by atoms with van der Waals surface area (Å²) in [5, 5.41) is 0. The van der Waals surface area contributed by atoms with E-state index in [1.807, 2.05) is 0 Å². The Hall–Kier alpha value is -2.13. The number of ether oxygens (including phenoxy) is 3. The van der Waals surface area contributed by atoms with Crippen LogP contribution in [0.2, 0.25) is 0 Å². The van der Waals surface area contributed by atoms with Gasteiger partial charge in [0, 0.05) is 0 Å². The quantitative estimate of drug-likeness (QED) is 0.593. The van der Waals surface area contributed by atoms with E-state index in [2.05, 4.69) is 14.5 Å². The van der Waals surface area contributed by atoms with Crippen molar-refractivity contribution in [2.75, 3.05) is 13.7 Å². The molecule has 0 unspecified atom stereocenters. The minimum atomic E-state index is -5.24. The fourth-order valence-corrected chi connectivity index (χ4v) is 1.62. The lowest BCUT2D eigenvalue weighted by Gasteiger charge is -2.18. The number of esters is 1. The van der Waals surface area contributed by atoms with Gasteiger partial charge in [-0.15, -0.1) is 13.2 Å². The Kier molecular flexibility index (Phi) is 5.89. The van der Waals surface area contributed by atoms with E-state index in [4.69, 9.17) is 4.74 Å². The summed E-state index contributed by atoms with van der Waals surface area (Å²) in [6.07, 6.45) is -8.50. The van der Waals surface area contributed by atoms with Crippen molar-refractivity contribution >= 4 is 5.97 Å². The molecule has 0 spiro atoms. The molecule has 0 amide bonds. The fourth-order valence-electron chi connectivity index (χ4n) is 1.62. The summed E-state index contributed by atoms with van der Waals surface area (Å²) in [6.45, 7) is 1.46. The van der Waals surface area contributed by atoms with Gasteiger partial charge in [0.25, 0.3) is 6.43 Å². The first-order chi connectivity index (χ1) is 10.2. The summed E-state index contributed by atoms with van der Waals surface area (Å²) < 4.78 is 75.9. The smallest absolute Gasteiger partial charge is 0.495 e. The van der Waals surface area contributed by atoms with Gasteiger partial charge in [-0.05, 0) is 6.92 Å². The maximum absolute atomic E-state index is 12.8. The number of carbonyl (C=O) groups excluding carboxylic acids is 1. The summed E-state index contributed by atoms with van der Waals surface area (Å²) in [5.74, 6) is -2.47. The molecule has 0 saturated carbocycles. The molecule has 0 aliphatic carbocycles. The van der Waals surface area contributed by atoms with Gasteiger partial charge < -0.3 is 14.2 Å². The average molecular weight is 329 g/mol. The van der Waals surface area contributed by atoms with Gasteiger partial charge >= 0.3 is 12.3 Å². The van der Waals surface area contributed by atoms with Crippen molar-refractivity contribution in [3.8, 4) is 11.5 Å². The predicted octanol–water partition coefficient (Wildman–Crippen LogP) is 3.03. The number of pyridine rings is 1. The van der Waals surface area contributed by atoms with Crippen molar-refractivity contribution in [2.45, 2.75) is 26.1 Å². The van der Waals surface area contributed by atoms with Crippen LogP contribution in [0.5, 0.6) is 11.5 Å². The van der Waals surface area contributed by atoms with Crippen LogP contribution in [0.3, 0.4) is 0 Å². The minimum absolute atomic E-state index is 0.0244. The number of aromatic nitrogens is 1. The molecule has 0 fully saturated rings. The van der Waals surface area contributed by atoms with Crippen LogP contribution in [-0.4, -0.2) is 31.0 Å². The Balaban J connectivity index is 3.39. The molecule has 0 saturated heterocycles. The number of hydrogen-bond acceptors (Lipinski definition) is 5. The van der Waals surface area contributed by atoms with Crippen LogP contribution in [0.15, 0.2) is 6.20 Å². The van der Waals surface area contributed by atoms with Crippen LogP contribution in [0, 0.1) is 0 Å². The third-order valence-corrected chi connectivity index (χ3v) is 2.40. The van der Waals surface area contributed by atoms with Crippen LogP contribution in [-0.2, 0) is 16.0 Å². The van der Waals surface area contributed by atoms with Crippen molar-refractivity contribution in [1.29, 1.82) is 0 Å².